The van der Waals surface area contributed by atoms with Crippen molar-refractivity contribution in [3.8, 4) is 0 Å². The molecule has 0 saturated carbocycles. The number of alkyl halides is 2. The Morgan fingerprint density at radius 1 is 1.05 bits per heavy atom. The van der Waals surface area contributed by atoms with Crippen LogP contribution < -0.4 is 16.4 Å². The van der Waals surface area contributed by atoms with Crippen LogP contribution in [-0.2, 0) is 20.8 Å². The molecular formula is C13H15Cl2N3O4. The number of hydrogen-bond acceptors (Lipinski definition) is 4. The molecule has 0 heterocycles. The third kappa shape index (κ3) is 5.88. The van der Waals surface area contributed by atoms with Crippen molar-refractivity contribution in [1.29, 1.82) is 0 Å². The molecule has 2 amide bonds. The van der Waals surface area contributed by atoms with Gasteiger partial charge in [0.1, 0.15) is 17.8 Å². The number of carboxylic acid groups (broad SMARTS) is 1. The number of nitrogens with one attached hydrogen (secondary N) is 2. The number of halogens is 2. The van der Waals surface area contributed by atoms with Gasteiger partial charge in [0.25, 0.3) is 0 Å². The molecule has 0 bridgehead atoms. The average molecular weight is 348 g/mol. The summed E-state index contributed by atoms with van der Waals surface area (Å²) in [6.45, 7) is 0. The fourth-order valence-corrected chi connectivity index (χ4v) is 1.82. The van der Waals surface area contributed by atoms with Crippen LogP contribution in [0.4, 0.5) is 11.4 Å². The Morgan fingerprint density at radius 3 is 1.86 bits per heavy atom. The molecule has 1 unspecified atom stereocenters. The van der Waals surface area contributed by atoms with Crippen molar-refractivity contribution in [2.24, 2.45) is 5.73 Å². The van der Waals surface area contributed by atoms with Gasteiger partial charge in [-0.25, -0.2) is 0 Å². The third-order valence-corrected chi connectivity index (χ3v) is 3.06. The highest BCUT2D eigenvalue weighted by Gasteiger charge is 2.14. The summed E-state index contributed by atoms with van der Waals surface area (Å²) in [5.74, 6) is -2.49. The van der Waals surface area contributed by atoms with Crippen molar-refractivity contribution in [1.82, 2.24) is 0 Å². The van der Waals surface area contributed by atoms with Crippen molar-refractivity contribution < 1.29 is 19.5 Å². The number of carbonyl (C=O) groups is 3. The van der Waals surface area contributed by atoms with Gasteiger partial charge in [0.2, 0.25) is 11.8 Å². The second kappa shape index (κ2) is 8.57. The van der Waals surface area contributed by atoms with E-state index in [2.05, 4.69) is 10.6 Å². The van der Waals surface area contributed by atoms with Gasteiger partial charge < -0.3 is 21.5 Å². The molecule has 1 aromatic carbocycles. The zero-order valence-corrected chi connectivity index (χ0v) is 12.9. The Morgan fingerprint density at radius 2 is 1.50 bits per heavy atom. The van der Waals surface area contributed by atoms with Crippen LogP contribution in [0.5, 0.6) is 0 Å². The summed E-state index contributed by atoms with van der Waals surface area (Å²) in [5.41, 5.74) is 6.75. The van der Waals surface area contributed by atoms with Gasteiger partial charge in [-0.1, -0.05) is 0 Å². The van der Waals surface area contributed by atoms with Crippen LogP contribution in [0.1, 0.15) is 5.56 Å². The zero-order valence-electron chi connectivity index (χ0n) is 11.4. The highest BCUT2D eigenvalue weighted by Crippen LogP contribution is 2.20. The van der Waals surface area contributed by atoms with E-state index >= 15 is 0 Å². The number of amides is 2. The van der Waals surface area contributed by atoms with E-state index in [-0.39, 0.29) is 18.2 Å². The molecule has 0 aliphatic carbocycles. The van der Waals surface area contributed by atoms with Crippen LogP contribution in [0.3, 0.4) is 0 Å². The third-order valence-electron chi connectivity index (χ3n) is 2.58. The van der Waals surface area contributed by atoms with Gasteiger partial charge in [0.15, 0.2) is 0 Å². The number of nitrogens with two attached hydrogens (primary N) is 1. The van der Waals surface area contributed by atoms with Crippen LogP contribution in [0, 0.1) is 0 Å². The summed E-state index contributed by atoms with van der Waals surface area (Å²) in [6.07, 6.45) is 0.0314. The van der Waals surface area contributed by atoms with Gasteiger partial charge in [0, 0.05) is 11.4 Å². The first-order valence-corrected chi connectivity index (χ1v) is 7.26. The lowest BCUT2D eigenvalue weighted by molar-refractivity contribution is -0.138. The molecule has 120 valence electrons. The van der Waals surface area contributed by atoms with Crippen LogP contribution in [-0.4, -0.2) is 40.7 Å². The number of aliphatic carboxylic acids is 1. The molecule has 22 heavy (non-hydrogen) atoms. The van der Waals surface area contributed by atoms with Gasteiger partial charge in [-0.15, -0.1) is 23.2 Å². The highest BCUT2D eigenvalue weighted by molar-refractivity contribution is 6.29. The molecule has 0 fully saturated rings. The molecule has 0 radical (unpaired) electrons. The van der Waals surface area contributed by atoms with Crippen LogP contribution in [0.15, 0.2) is 18.2 Å². The monoisotopic (exact) mass is 347 g/mol. The summed E-state index contributed by atoms with van der Waals surface area (Å²) in [7, 11) is 0. The minimum atomic E-state index is -1.15. The topological polar surface area (TPSA) is 122 Å². The summed E-state index contributed by atoms with van der Waals surface area (Å²) in [6, 6.07) is 3.52. The molecule has 1 rings (SSSR count). The summed E-state index contributed by atoms with van der Waals surface area (Å²) >= 11 is 10.8. The fraction of sp³-hybridized carbons (Fsp3) is 0.308. The SMILES string of the molecule is NC(Cc1cc(NC(=O)CCl)cc(NC(=O)CCl)c1)C(=O)O. The Hall–Kier alpha value is -1.83. The Kier molecular flexibility index (Phi) is 7.10. The number of carboxylic acids is 1. The van der Waals surface area contributed by atoms with Gasteiger partial charge in [-0.2, -0.15) is 0 Å². The van der Waals surface area contributed by atoms with Crippen LogP contribution >= 0.6 is 23.2 Å². The highest BCUT2D eigenvalue weighted by atomic mass is 35.5. The smallest absolute Gasteiger partial charge is 0.320 e. The largest absolute Gasteiger partial charge is 0.480 e. The number of benzene rings is 1. The number of rotatable bonds is 7. The van der Waals surface area contributed by atoms with E-state index in [1.54, 1.807) is 12.1 Å². The van der Waals surface area contributed by atoms with E-state index in [0.717, 1.165) is 0 Å². The lowest BCUT2D eigenvalue weighted by Crippen LogP contribution is -2.32. The van der Waals surface area contributed by atoms with Gasteiger partial charge in [-0.05, 0) is 30.2 Å². The minimum Gasteiger partial charge on any atom is -0.480 e. The van der Waals surface area contributed by atoms with Crippen molar-refractivity contribution in [2.45, 2.75) is 12.5 Å². The van der Waals surface area contributed by atoms with Crippen LogP contribution in [0.25, 0.3) is 0 Å². The first kappa shape index (κ1) is 18.2. The van der Waals surface area contributed by atoms with Crippen molar-refractivity contribution in [3.63, 3.8) is 0 Å². The Labute approximate surface area is 136 Å². The molecule has 0 aromatic heterocycles. The maximum Gasteiger partial charge on any atom is 0.320 e. The second-order valence-corrected chi connectivity index (χ2v) is 4.97. The summed E-state index contributed by atoms with van der Waals surface area (Å²) in [4.78, 5) is 33.5. The Bertz CT molecular complexity index is 544. The van der Waals surface area contributed by atoms with E-state index in [1.807, 2.05) is 0 Å². The predicted molar refractivity (Wildman–Crippen MR) is 84.5 cm³/mol. The molecule has 7 nitrogen and oxygen atoms in total. The van der Waals surface area contributed by atoms with E-state index in [4.69, 9.17) is 34.0 Å². The second-order valence-electron chi connectivity index (χ2n) is 4.43. The molecule has 5 N–H and O–H groups in total. The normalized spacial score (nSPS) is 11.6. The van der Waals surface area contributed by atoms with Crippen LogP contribution in [0.2, 0.25) is 0 Å². The van der Waals surface area contributed by atoms with Crippen molar-refractivity contribution in [2.75, 3.05) is 22.4 Å². The molecule has 0 aliphatic rings. The summed E-state index contributed by atoms with van der Waals surface area (Å²) in [5, 5.41) is 13.9. The van der Waals surface area contributed by atoms with E-state index < -0.39 is 23.8 Å². The van der Waals surface area contributed by atoms with Gasteiger partial charge >= 0.3 is 5.97 Å². The lowest BCUT2D eigenvalue weighted by Gasteiger charge is -2.12. The Balaban J connectivity index is 3.05. The van der Waals surface area contributed by atoms with E-state index in [1.165, 1.54) is 6.07 Å². The number of anilines is 2. The quantitative estimate of drug-likeness (QED) is 0.548. The molecule has 0 saturated heterocycles. The minimum absolute atomic E-state index is 0.0314. The molecule has 1 aromatic rings. The van der Waals surface area contributed by atoms with Crippen molar-refractivity contribution >= 4 is 52.4 Å². The van der Waals surface area contributed by atoms with Gasteiger partial charge in [0.05, 0.1) is 0 Å². The maximum absolute atomic E-state index is 11.3. The first-order chi connectivity index (χ1) is 10.3. The number of carbonyl (C=O) groups excluding carboxylic acids is 2. The first-order valence-electron chi connectivity index (χ1n) is 6.19. The lowest BCUT2D eigenvalue weighted by atomic mass is 10.0. The van der Waals surface area contributed by atoms with Crippen molar-refractivity contribution in [3.05, 3.63) is 23.8 Å². The number of hydrogen-bond donors (Lipinski definition) is 4. The molecule has 0 spiro atoms. The summed E-state index contributed by atoms with van der Waals surface area (Å²) < 4.78 is 0. The molecule has 1 atom stereocenters. The van der Waals surface area contributed by atoms with E-state index in [0.29, 0.717) is 16.9 Å². The zero-order chi connectivity index (χ0) is 16.7. The fourth-order valence-electron chi connectivity index (χ4n) is 1.68. The predicted octanol–water partition coefficient (Wildman–Crippen LogP) is 0.996. The average Bonchev–Trinajstić information content (AvgIpc) is 2.46. The molecule has 9 heteroatoms. The standard InChI is InChI=1S/C13H15Cl2N3O4/c14-5-11(19)17-8-1-7(3-10(16)13(21)22)2-9(4-8)18-12(20)6-15/h1-2,4,10H,3,5-6,16H2,(H,17,19)(H,18,20)(H,21,22). The molecule has 0 aliphatic heterocycles. The van der Waals surface area contributed by atoms with Gasteiger partial charge in [-0.3, -0.25) is 14.4 Å². The molecular weight excluding hydrogens is 333 g/mol. The van der Waals surface area contributed by atoms with E-state index in [9.17, 15) is 14.4 Å². The maximum atomic E-state index is 11.3.